The number of hydrogen-bond donors (Lipinski definition) is 1. The van der Waals surface area contributed by atoms with Gasteiger partial charge in [-0.25, -0.2) is 4.98 Å². The second kappa shape index (κ2) is 10.5. The molecule has 0 radical (unpaired) electrons. The fourth-order valence-corrected chi connectivity index (χ4v) is 3.55. The summed E-state index contributed by atoms with van der Waals surface area (Å²) in [6.45, 7) is 8.93. The Labute approximate surface area is 183 Å². The Bertz CT molecular complexity index is 704. The molecule has 1 rings (SSSR count). The maximum absolute atomic E-state index is 12.7. The van der Waals surface area contributed by atoms with Gasteiger partial charge in [0.25, 0.3) is 0 Å². The minimum absolute atomic E-state index is 0.0613. The van der Waals surface area contributed by atoms with Crippen molar-refractivity contribution < 1.29 is 27.6 Å². The Kier molecular flexibility index (Phi) is 9.52. The Hall–Kier alpha value is -0.560. The normalized spacial score (nSPS) is 15.3. The second-order valence-corrected chi connectivity index (χ2v) is 10.2. The standard InChI is InChI=1S/C17H21ClF3IN2O3S/c1-5-6-7-10(24-28(26)16(2,3)4)9-27-13-11(22)8-12(23-15(13)18)14(25)17(19,20)21/h5,8,14,25H,1,6-7,9H2,2-4H3. The molecule has 1 N–H and O–H groups in total. The summed E-state index contributed by atoms with van der Waals surface area (Å²) in [7, 11) is 0. The van der Waals surface area contributed by atoms with Crippen LogP contribution >= 0.6 is 34.2 Å². The lowest BCUT2D eigenvalue weighted by Gasteiger charge is -2.20. The van der Waals surface area contributed by atoms with Gasteiger partial charge in [0, 0.05) is 0 Å². The molecule has 2 atom stereocenters. The van der Waals surface area contributed by atoms with Gasteiger partial charge in [-0.1, -0.05) is 22.1 Å². The number of aliphatic hydroxyl groups excluding tert-OH is 1. The first kappa shape index (κ1) is 25.5. The average Bonchev–Trinajstić information content (AvgIpc) is 2.55. The first-order chi connectivity index (χ1) is 12.8. The van der Waals surface area contributed by atoms with Crippen molar-refractivity contribution in [1.29, 1.82) is 0 Å². The summed E-state index contributed by atoms with van der Waals surface area (Å²) < 4.78 is 59.8. The van der Waals surface area contributed by atoms with Gasteiger partial charge < -0.3 is 14.4 Å². The minimum Gasteiger partial charge on any atom is -0.591 e. The number of ether oxygens (including phenoxy) is 1. The molecule has 2 unspecified atom stereocenters. The predicted molar refractivity (Wildman–Crippen MR) is 113 cm³/mol. The van der Waals surface area contributed by atoms with Gasteiger partial charge in [0.1, 0.15) is 28.4 Å². The first-order valence-corrected chi connectivity index (χ1v) is 10.7. The summed E-state index contributed by atoms with van der Waals surface area (Å²) in [4.78, 5) is 3.59. The molecule has 1 aromatic heterocycles. The van der Waals surface area contributed by atoms with Gasteiger partial charge in [0.2, 0.25) is 0 Å². The van der Waals surface area contributed by atoms with Crippen LogP contribution in [-0.4, -0.2) is 37.9 Å². The van der Waals surface area contributed by atoms with Crippen LogP contribution in [0.4, 0.5) is 13.2 Å². The van der Waals surface area contributed by atoms with Crippen molar-refractivity contribution in [3.05, 3.63) is 33.1 Å². The van der Waals surface area contributed by atoms with Gasteiger partial charge in [-0.2, -0.15) is 13.2 Å². The summed E-state index contributed by atoms with van der Waals surface area (Å²) in [6.07, 6.45) is -4.88. The number of allylic oxidation sites excluding steroid dienone is 1. The van der Waals surface area contributed by atoms with Crippen molar-refractivity contribution in [2.75, 3.05) is 6.61 Å². The summed E-state index contributed by atoms with van der Waals surface area (Å²) in [6, 6.07) is 1.05. The number of rotatable bonds is 8. The van der Waals surface area contributed by atoms with Gasteiger partial charge in [-0.15, -0.1) is 6.58 Å². The Morgan fingerprint density at radius 3 is 2.57 bits per heavy atom. The van der Waals surface area contributed by atoms with Crippen molar-refractivity contribution in [1.82, 2.24) is 4.98 Å². The third-order valence-corrected chi connectivity index (χ3v) is 5.78. The molecule has 0 fully saturated rings. The zero-order valence-electron chi connectivity index (χ0n) is 15.5. The van der Waals surface area contributed by atoms with E-state index in [1.807, 2.05) is 0 Å². The van der Waals surface area contributed by atoms with Crippen LogP contribution in [0.5, 0.6) is 5.75 Å². The molecule has 0 aliphatic carbocycles. The van der Waals surface area contributed by atoms with E-state index in [0.717, 1.165) is 6.07 Å². The topological polar surface area (TPSA) is 77.8 Å². The second-order valence-electron chi connectivity index (χ2n) is 6.73. The molecular formula is C17H21ClF3IN2O3S. The molecule has 0 saturated heterocycles. The van der Waals surface area contributed by atoms with E-state index in [2.05, 4.69) is 16.0 Å². The van der Waals surface area contributed by atoms with E-state index in [1.165, 1.54) is 0 Å². The Morgan fingerprint density at radius 2 is 2.11 bits per heavy atom. The van der Waals surface area contributed by atoms with Crippen LogP contribution in [0.2, 0.25) is 5.15 Å². The lowest BCUT2D eigenvalue weighted by Crippen LogP contribution is -2.28. The van der Waals surface area contributed by atoms with Crippen LogP contribution in [0.25, 0.3) is 0 Å². The van der Waals surface area contributed by atoms with E-state index in [-0.39, 0.29) is 21.1 Å². The number of halogens is 5. The number of pyridine rings is 1. The quantitative estimate of drug-likeness (QED) is 0.158. The Balaban J connectivity index is 3.05. The van der Waals surface area contributed by atoms with Crippen LogP contribution in [0.1, 0.15) is 45.4 Å². The number of hydrogen-bond acceptors (Lipinski definition) is 5. The van der Waals surface area contributed by atoms with E-state index < -0.39 is 34.1 Å². The van der Waals surface area contributed by atoms with Crippen LogP contribution in [0.15, 0.2) is 23.1 Å². The van der Waals surface area contributed by atoms with Crippen LogP contribution in [-0.2, 0) is 11.4 Å². The third-order valence-electron chi connectivity index (χ3n) is 3.25. The van der Waals surface area contributed by atoms with Gasteiger partial charge in [0.05, 0.1) is 9.26 Å². The molecule has 11 heteroatoms. The lowest BCUT2D eigenvalue weighted by atomic mass is 10.2. The first-order valence-electron chi connectivity index (χ1n) is 8.10. The molecular weight excluding hydrogens is 532 g/mol. The average molecular weight is 553 g/mol. The molecule has 28 heavy (non-hydrogen) atoms. The van der Waals surface area contributed by atoms with Crippen molar-refractivity contribution in [3.8, 4) is 5.75 Å². The van der Waals surface area contributed by atoms with E-state index in [1.54, 1.807) is 49.4 Å². The lowest BCUT2D eigenvalue weighted by molar-refractivity contribution is -0.208. The molecule has 0 bridgehead atoms. The van der Waals surface area contributed by atoms with Crippen molar-refractivity contribution in [2.45, 2.75) is 50.6 Å². The largest absolute Gasteiger partial charge is 0.591 e. The molecule has 0 spiro atoms. The molecule has 5 nitrogen and oxygen atoms in total. The molecule has 0 amide bonds. The van der Waals surface area contributed by atoms with Gasteiger partial charge in [0.15, 0.2) is 17.0 Å². The van der Waals surface area contributed by atoms with Gasteiger partial charge in [-0.3, -0.25) is 0 Å². The van der Waals surface area contributed by atoms with E-state index in [4.69, 9.17) is 16.3 Å². The maximum atomic E-state index is 12.7. The van der Waals surface area contributed by atoms with E-state index in [9.17, 15) is 22.8 Å². The van der Waals surface area contributed by atoms with Crippen LogP contribution in [0, 0.1) is 3.57 Å². The highest BCUT2D eigenvalue weighted by Gasteiger charge is 2.41. The minimum atomic E-state index is -4.86. The van der Waals surface area contributed by atoms with E-state index in [0.29, 0.717) is 18.6 Å². The highest BCUT2D eigenvalue weighted by atomic mass is 127. The predicted octanol–water partition coefficient (Wildman–Crippen LogP) is 5.18. The summed E-state index contributed by atoms with van der Waals surface area (Å²) in [5.41, 5.74) is -0.122. The molecule has 0 aromatic carbocycles. The third kappa shape index (κ3) is 7.69. The molecule has 1 heterocycles. The Morgan fingerprint density at radius 1 is 1.50 bits per heavy atom. The van der Waals surface area contributed by atoms with Crippen molar-refractivity contribution in [3.63, 3.8) is 0 Å². The highest BCUT2D eigenvalue weighted by Crippen LogP contribution is 2.36. The summed E-state index contributed by atoms with van der Waals surface area (Å²) >= 11 is 6.21. The fourth-order valence-electron chi connectivity index (χ4n) is 1.75. The highest BCUT2D eigenvalue weighted by molar-refractivity contribution is 14.1. The number of aromatic nitrogens is 1. The number of nitrogens with zero attached hydrogens (tertiary/aromatic N) is 2. The van der Waals surface area contributed by atoms with E-state index >= 15 is 0 Å². The molecule has 1 aromatic rings. The van der Waals surface area contributed by atoms with Gasteiger partial charge >= 0.3 is 6.18 Å². The number of alkyl halides is 3. The maximum Gasteiger partial charge on any atom is 0.420 e. The summed E-state index contributed by atoms with van der Waals surface area (Å²) in [5, 5.41) is 9.02. The molecule has 0 aliphatic heterocycles. The van der Waals surface area contributed by atoms with Crippen molar-refractivity contribution >= 4 is 51.3 Å². The van der Waals surface area contributed by atoms with Gasteiger partial charge in [-0.05, 0) is 62.3 Å². The number of aliphatic hydroxyl groups is 1. The SMILES string of the molecule is C=CCCC(COc1c(I)cc(C(O)C(F)(F)F)nc1Cl)=N[S+]([O-])C(C)(C)C. The summed E-state index contributed by atoms with van der Waals surface area (Å²) in [5.74, 6) is 0.0632. The van der Waals surface area contributed by atoms with Crippen LogP contribution < -0.4 is 4.74 Å². The van der Waals surface area contributed by atoms with Crippen LogP contribution in [0.3, 0.4) is 0 Å². The van der Waals surface area contributed by atoms with Crippen molar-refractivity contribution in [2.24, 2.45) is 4.40 Å². The zero-order chi connectivity index (χ0) is 21.7. The monoisotopic (exact) mass is 552 g/mol. The fraction of sp³-hybridized carbons (Fsp3) is 0.529. The molecule has 158 valence electrons. The molecule has 0 saturated carbocycles. The smallest absolute Gasteiger partial charge is 0.420 e. The zero-order valence-corrected chi connectivity index (χ0v) is 19.2. The molecule has 0 aliphatic rings.